The molecule has 0 amide bonds. The van der Waals surface area contributed by atoms with Crippen molar-refractivity contribution in [1.82, 2.24) is 0 Å². The fourth-order valence-corrected chi connectivity index (χ4v) is 7.03. The van der Waals surface area contributed by atoms with Crippen molar-refractivity contribution >= 4 is 23.2 Å². The van der Waals surface area contributed by atoms with Gasteiger partial charge in [0.15, 0.2) is 0 Å². The average Bonchev–Trinajstić information content (AvgIpc) is 3.02. The number of hydrogen-bond acceptors (Lipinski definition) is 0. The molecule has 158 valence electrons. The van der Waals surface area contributed by atoms with Gasteiger partial charge in [-0.1, -0.05) is 39.8 Å². The van der Waals surface area contributed by atoms with Crippen LogP contribution in [-0.2, 0) is 26.2 Å². The molecule has 2 unspecified atom stereocenters. The van der Waals surface area contributed by atoms with E-state index in [0.717, 1.165) is 25.7 Å². The minimum absolute atomic E-state index is 0. The normalized spacial score (nSPS) is 35.0. The van der Waals surface area contributed by atoms with Gasteiger partial charge in [0.25, 0.3) is 0 Å². The van der Waals surface area contributed by atoms with Gasteiger partial charge >= 0.3 is 0 Å². The van der Waals surface area contributed by atoms with E-state index in [0.29, 0.717) is 0 Å². The summed E-state index contributed by atoms with van der Waals surface area (Å²) in [7, 11) is 0. The molecule has 0 nitrogen and oxygen atoms in total. The predicted octanol–water partition coefficient (Wildman–Crippen LogP) is 8.65. The third-order valence-electron chi connectivity index (χ3n) is 8.31. The van der Waals surface area contributed by atoms with Crippen LogP contribution in [0.5, 0.6) is 0 Å². The fraction of sp³-hybridized carbons (Fsp3) is 0.692. The van der Waals surface area contributed by atoms with E-state index in [2.05, 4.69) is 53.7 Å². The topological polar surface area (TPSA) is 0 Å². The van der Waals surface area contributed by atoms with Crippen LogP contribution in [0.1, 0.15) is 92.9 Å². The van der Waals surface area contributed by atoms with Crippen LogP contribution in [0.2, 0.25) is 0 Å². The SMILES string of the molecule is CC1=CC2=C(CCCC2(C)C)C1(Cl)CCC1(Cl)C(C)=CC2=C1CCCC2(C)C.[Zr]. The second-order valence-electron chi connectivity index (χ2n) is 11.0. The van der Waals surface area contributed by atoms with E-state index in [4.69, 9.17) is 23.2 Å². The molecule has 0 N–H and O–H groups in total. The largest absolute Gasteiger partial charge is 0.110 e. The van der Waals surface area contributed by atoms with Gasteiger partial charge in [0, 0.05) is 26.2 Å². The van der Waals surface area contributed by atoms with E-state index in [1.165, 1.54) is 59.1 Å². The number of halogens is 2. The van der Waals surface area contributed by atoms with Gasteiger partial charge in [0.05, 0.1) is 9.75 Å². The first-order valence-corrected chi connectivity index (χ1v) is 11.9. The molecule has 0 radical (unpaired) electrons. The number of hydrogen-bond donors (Lipinski definition) is 0. The summed E-state index contributed by atoms with van der Waals surface area (Å²) in [6.07, 6.45) is 13.9. The zero-order valence-electron chi connectivity index (χ0n) is 19.1. The molecule has 0 aliphatic heterocycles. The third-order valence-corrected chi connectivity index (χ3v) is 9.74. The van der Waals surface area contributed by atoms with Crippen molar-refractivity contribution in [3.8, 4) is 0 Å². The van der Waals surface area contributed by atoms with Gasteiger partial charge in [-0.15, -0.1) is 23.2 Å². The van der Waals surface area contributed by atoms with Gasteiger partial charge in [-0.25, -0.2) is 0 Å². The Balaban J connectivity index is 0.00000240. The Morgan fingerprint density at radius 3 is 1.41 bits per heavy atom. The van der Waals surface area contributed by atoms with Crippen molar-refractivity contribution in [2.75, 3.05) is 0 Å². The van der Waals surface area contributed by atoms with E-state index in [1.54, 1.807) is 0 Å². The molecule has 0 saturated heterocycles. The van der Waals surface area contributed by atoms with Crippen LogP contribution >= 0.6 is 23.2 Å². The first-order chi connectivity index (χ1) is 12.9. The van der Waals surface area contributed by atoms with Crippen LogP contribution in [0.4, 0.5) is 0 Å². The molecule has 4 aliphatic rings. The van der Waals surface area contributed by atoms with Gasteiger partial charge in [0.1, 0.15) is 0 Å². The molecule has 0 bridgehead atoms. The number of rotatable bonds is 3. The van der Waals surface area contributed by atoms with Gasteiger partial charge < -0.3 is 0 Å². The Hall–Kier alpha value is 0.423. The van der Waals surface area contributed by atoms with E-state index in [1.807, 2.05) is 0 Å². The summed E-state index contributed by atoms with van der Waals surface area (Å²) in [6.45, 7) is 14.0. The van der Waals surface area contributed by atoms with Crippen LogP contribution in [0, 0.1) is 10.8 Å². The Bertz CT molecular complexity index is 769. The van der Waals surface area contributed by atoms with E-state index in [9.17, 15) is 0 Å². The maximum Gasteiger partial charge on any atom is 0.0871 e. The van der Waals surface area contributed by atoms with Gasteiger partial charge in [-0.05, 0) is 109 Å². The third kappa shape index (κ3) is 3.68. The smallest absolute Gasteiger partial charge is 0.0871 e. The van der Waals surface area contributed by atoms with Crippen molar-refractivity contribution in [3.63, 3.8) is 0 Å². The van der Waals surface area contributed by atoms with Crippen molar-refractivity contribution < 1.29 is 26.2 Å². The molecule has 0 spiro atoms. The van der Waals surface area contributed by atoms with Crippen LogP contribution in [0.25, 0.3) is 0 Å². The quantitative estimate of drug-likeness (QED) is 0.333. The zero-order valence-corrected chi connectivity index (χ0v) is 23.0. The first kappa shape index (κ1) is 24.1. The molecule has 0 aromatic heterocycles. The molecular formula is C26H36Cl2Zr. The molecule has 0 heterocycles. The maximum absolute atomic E-state index is 7.42. The molecule has 4 rings (SSSR count). The predicted molar refractivity (Wildman–Crippen MR) is 123 cm³/mol. The van der Waals surface area contributed by atoms with Crippen LogP contribution < -0.4 is 0 Å². The molecule has 0 aromatic rings. The number of allylic oxidation sites excluding steroid dienone is 8. The Labute approximate surface area is 207 Å². The second-order valence-corrected chi connectivity index (χ2v) is 12.3. The molecule has 3 heteroatoms. The fourth-order valence-electron chi connectivity index (χ4n) is 6.34. The summed E-state index contributed by atoms with van der Waals surface area (Å²) in [5.41, 5.74) is 9.13. The van der Waals surface area contributed by atoms with E-state index < -0.39 is 0 Å². The molecule has 0 aromatic carbocycles. The Morgan fingerprint density at radius 2 is 1.07 bits per heavy atom. The summed E-state index contributed by atoms with van der Waals surface area (Å²) in [4.78, 5) is -0.661. The summed E-state index contributed by atoms with van der Waals surface area (Å²) in [6, 6.07) is 0. The summed E-state index contributed by atoms with van der Waals surface area (Å²) in [5.74, 6) is 0. The monoisotopic (exact) mass is 508 g/mol. The second kappa shape index (κ2) is 7.78. The first-order valence-electron chi connectivity index (χ1n) is 11.2. The molecular weight excluding hydrogens is 474 g/mol. The van der Waals surface area contributed by atoms with Crippen molar-refractivity contribution in [2.45, 2.75) is 103 Å². The van der Waals surface area contributed by atoms with Gasteiger partial charge in [-0.3, -0.25) is 0 Å². The van der Waals surface area contributed by atoms with Crippen LogP contribution in [0.3, 0.4) is 0 Å². The van der Waals surface area contributed by atoms with Crippen molar-refractivity contribution in [1.29, 1.82) is 0 Å². The maximum atomic E-state index is 7.42. The van der Waals surface area contributed by atoms with Gasteiger partial charge in [0.2, 0.25) is 0 Å². The average molecular weight is 511 g/mol. The Kier molecular flexibility index (Phi) is 6.46. The van der Waals surface area contributed by atoms with Crippen molar-refractivity contribution in [3.05, 3.63) is 45.6 Å². The van der Waals surface area contributed by atoms with Crippen LogP contribution in [0.15, 0.2) is 45.6 Å². The minimum atomic E-state index is -0.331. The molecule has 0 fully saturated rings. The minimum Gasteiger partial charge on any atom is -0.110 e. The molecule has 0 saturated carbocycles. The number of alkyl halides is 2. The van der Waals surface area contributed by atoms with Crippen LogP contribution in [-0.4, -0.2) is 9.75 Å². The summed E-state index contributed by atoms with van der Waals surface area (Å²) in [5, 5.41) is 0. The molecule has 4 aliphatic carbocycles. The summed E-state index contributed by atoms with van der Waals surface area (Å²) < 4.78 is 0. The van der Waals surface area contributed by atoms with Gasteiger partial charge in [-0.2, -0.15) is 0 Å². The van der Waals surface area contributed by atoms with E-state index >= 15 is 0 Å². The molecule has 2 atom stereocenters. The zero-order chi connectivity index (χ0) is 20.5. The standard InChI is InChI=1S/C26H36Cl2.Zr/c1-17-15-21-19(9-7-11-23(21,3)4)25(17,27)13-14-26(28)18(2)16-22-20(26)10-8-12-24(22,5)6;/h15-16H,7-14H2,1-6H3;. The van der Waals surface area contributed by atoms with E-state index in [-0.39, 0.29) is 46.8 Å². The van der Waals surface area contributed by atoms with Crippen molar-refractivity contribution in [2.24, 2.45) is 10.8 Å². The molecule has 29 heavy (non-hydrogen) atoms. The summed E-state index contributed by atoms with van der Waals surface area (Å²) >= 11 is 14.8. The Morgan fingerprint density at radius 1 is 0.724 bits per heavy atom.